The topological polar surface area (TPSA) is 58.8 Å². The van der Waals surface area contributed by atoms with Crippen LogP contribution < -0.4 is 5.73 Å². The van der Waals surface area contributed by atoms with Crippen LogP contribution in [0.25, 0.3) is 0 Å². The van der Waals surface area contributed by atoms with Gasteiger partial charge in [-0.05, 0) is 70.8 Å². The Kier molecular flexibility index (Phi) is 8.70. The van der Waals surface area contributed by atoms with Crippen LogP contribution in [0.2, 0.25) is 0 Å². The van der Waals surface area contributed by atoms with Gasteiger partial charge in [-0.25, -0.2) is 4.79 Å². The minimum Gasteiger partial charge on any atom is -0.414 e. The van der Waals surface area contributed by atoms with Crippen LogP contribution in [0.5, 0.6) is 0 Å². The molecule has 178 valence electrons. The number of nitrogens with two attached hydrogens (primary N) is 1. The molecule has 33 heavy (non-hydrogen) atoms. The fourth-order valence-electron chi connectivity index (χ4n) is 4.89. The standard InChI is InChI=1S/C28H39N3O2/c1-5-26(33-27(32)31-19-13-12-18-25(31)21-29)28(20-22(2)30(3)4,23-14-8-6-9-15-23)24-16-10-7-11-17-24/h5-11,14-17,22,25H,12-13,18-21,29H2,1-4H3/b26-5-. The third-order valence-electron chi connectivity index (χ3n) is 7.03. The quantitative estimate of drug-likeness (QED) is 0.565. The molecule has 2 atom stereocenters. The molecule has 1 fully saturated rings. The van der Waals surface area contributed by atoms with Gasteiger partial charge in [0, 0.05) is 25.2 Å². The van der Waals surface area contributed by atoms with Crippen LogP contribution >= 0.6 is 0 Å². The molecule has 2 unspecified atom stereocenters. The summed E-state index contributed by atoms with van der Waals surface area (Å²) in [6, 6.07) is 21.1. The van der Waals surface area contributed by atoms with E-state index in [1.54, 1.807) is 0 Å². The molecule has 5 heteroatoms. The van der Waals surface area contributed by atoms with Crippen LogP contribution in [0, 0.1) is 0 Å². The highest BCUT2D eigenvalue weighted by atomic mass is 16.6. The van der Waals surface area contributed by atoms with E-state index in [4.69, 9.17) is 10.5 Å². The molecule has 3 rings (SSSR count). The van der Waals surface area contributed by atoms with Gasteiger partial charge in [0.15, 0.2) is 0 Å². The van der Waals surface area contributed by atoms with E-state index in [2.05, 4.69) is 74.4 Å². The third kappa shape index (κ3) is 5.48. The van der Waals surface area contributed by atoms with Gasteiger partial charge in [-0.3, -0.25) is 0 Å². The molecule has 0 aromatic heterocycles. The van der Waals surface area contributed by atoms with E-state index in [0.29, 0.717) is 18.8 Å². The second kappa shape index (κ2) is 11.5. The van der Waals surface area contributed by atoms with Crippen LogP contribution in [-0.2, 0) is 10.2 Å². The first-order chi connectivity index (χ1) is 15.9. The summed E-state index contributed by atoms with van der Waals surface area (Å²) < 4.78 is 6.30. The Bertz CT molecular complexity index is 872. The molecule has 2 aromatic rings. The lowest BCUT2D eigenvalue weighted by Crippen LogP contribution is -2.48. The minimum atomic E-state index is -0.607. The van der Waals surface area contributed by atoms with Gasteiger partial charge in [-0.1, -0.05) is 60.7 Å². The first-order valence-corrected chi connectivity index (χ1v) is 12.1. The van der Waals surface area contributed by atoms with Crippen molar-refractivity contribution in [3.05, 3.63) is 83.6 Å². The molecule has 1 heterocycles. The van der Waals surface area contributed by atoms with Crippen LogP contribution in [0.1, 0.15) is 50.7 Å². The van der Waals surface area contributed by atoms with Crippen molar-refractivity contribution in [2.24, 2.45) is 5.73 Å². The predicted octanol–water partition coefficient (Wildman–Crippen LogP) is 5.17. The van der Waals surface area contributed by atoms with Crippen molar-refractivity contribution in [2.75, 3.05) is 27.2 Å². The molecule has 0 spiro atoms. The molecular formula is C28H39N3O2. The lowest BCUT2D eigenvalue weighted by atomic mass is 9.68. The van der Waals surface area contributed by atoms with Crippen molar-refractivity contribution >= 4 is 6.09 Å². The normalized spacial score (nSPS) is 18.3. The lowest BCUT2D eigenvalue weighted by Gasteiger charge is -2.41. The molecule has 0 aliphatic carbocycles. The van der Waals surface area contributed by atoms with Gasteiger partial charge < -0.3 is 20.3 Å². The Morgan fingerprint density at radius 3 is 2.18 bits per heavy atom. The number of piperidine rings is 1. The molecule has 2 aromatic carbocycles. The van der Waals surface area contributed by atoms with Crippen LogP contribution in [0.15, 0.2) is 72.5 Å². The van der Waals surface area contributed by atoms with Crippen molar-refractivity contribution in [3.63, 3.8) is 0 Å². The SMILES string of the molecule is C/C=C(\OC(=O)N1CCCCC1CN)C(CC(C)N(C)C)(c1ccccc1)c1ccccc1. The van der Waals surface area contributed by atoms with Crippen molar-refractivity contribution in [2.45, 2.75) is 57.0 Å². The van der Waals surface area contributed by atoms with Crippen LogP contribution in [0.3, 0.4) is 0 Å². The van der Waals surface area contributed by atoms with Gasteiger partial charge in [-0.15, -0.1) is 0 Å². The summed E-state index contributed by atoms with van der Waals surface area (Å²) in [5.41, 5.74) is 7.61. The Morgan fingerprint density at radius 1 is 1.12 bits per heavy atom. The smallest absolute Gasteiger partial charge is 0.414 e. The summed E-state index contributed by atoms with van der Waals surface area (Å²) in [7, 11) is 4.18. The Balaban J connectivity index is 2.11. The summed E-state index contributed by atoms with van der Waals surface area (Å²) in [6.07, 6.45) is 5.43. The van der Waals surface area contributed by atoms with E-state index in [0.717, 1.165) is 36.8 Å². The molecule has 1 saturated heterocycles. The van der Waals surface area contributed by atoms with Gasteiger partial charge in [0.25, 0.3) is 0 Å². The largest absolute Gasteiger partial charge is 0.415 e. The first-order valence-electron chi connectivity index (χ1n) is 12.1. The van der Waals surface area contributed by atoms with Crippen molar-refractivity contribution in [3.8, 4) is 0 Å². The van der Waals surface area contributed by atoms with Gasteiger partial charge in [0.1, 0.15) is 5.76 Å². The van der Waals surface area contributed by atoms with E-state index >= 15 is 0 Å². The minimum absolute atomic E-state index is 0.0351. The molecule has 5 nitrogen and oxygen atoms in total. The summed E-state index contributed by atoms with van der Waals surface area (Å²) in [4.78, 5) is 17.5. The number of carbonyl (C=O) groups excluding carboxylic acids is 1. The average molecular weight is 450 g/mol. The number of rotatable bonds is 8. The number of carbonyl (C=O) groups is 1. The fraction of sp³-hybridized carbons (Fsp3) is 0.464. The second-order valence-electron chi connectivity index (χ2n) is 9.25. The van der Waals surface area contributed by atoms with Gasteiger partial charge in [0.2, 0.25) is 0 Å². The van der Waals surface area contributed by atoms with Crippen molar-refractivity contribution < 1.29 is 9.53 Å². The molecule has 1 amide bonds. The monoisotopic (exact) mass is 449 g/mol. The lowest BCUT2D eigenvalue weighted by molar-refractivity contribution is 0.0851. The van der Waals surface area contributed by atoms with E-state index in [-0.39, 0.29) is 18.2 Å². The summed E-state index contributed by atoms with van der Waals surface area (Å²) in [5.74, 6) is 0.667. The highest BCUT2D eigenvalue weighted by Gasteiger charge is 2.43. The number of benzene rings is 2. The predicted molar refractivity (Wildman–Crippen MR) is 135 cm³/mol. The zero-order valence-electron chi connectivity index (χ0n) is 20.5. The van der Waals surface area contributed by atoms with E-state index in [9.17, 15) is 4.79 Å². The number of ether oxygens (including phenoxy) is 1. The zero-order chi connectivity index (χ0) is 23.8. The second-order valence-corrected chi connectivity index (χ2v) is 9.25. The van der Waals surface area contributed by atoms with E-state index in [1.165, 1.54) is 0 Å². The van der Waals surface area contributed by atoms with Crippen LogP contribution in [-0.4, -0.2) is 55.2 Å². The van der Waals surface area contributed by atoms with E-state index in [1.807, 2.05) is 30.0 Å². The van der Waals surface area contributed by atoms with Gasteiger partial charge in [0.05, 0.1) is 5.41 Å². The Morgan fingerprint density at radius 2 is 1.70 bits per heavy atom. The number of likely N-dealkylation sites (tertiary alicyclic amines) is 1. The maximum atomic E-state index is 13.5. The summed E-state index contributed by atoms with van der Waals surface area (Å²) in [5, 5.41) is 0. The molecule has 0 saturated carbocycles. The molecular weight excluding hydrogens is 410 g/mol. The zero-order valence-corrected chi connectivity index (χ0v) is 20.5. The van der Waals surface area contributed by atoms with Crippen LogP contribution in [0.4, 0.5) is 4.79 Å². The first kappa shape index (κ1) is 25.0. The van der Waals surface area contributed by atoms with Gasteiger partial charge in [-0.2, -0.15) is 0 Å². The highest BCUT2D eigenvalue weighted by Crippen LogP contribution is 2.44. The third-order valence-corrected chi connectivity index (χ3v) is 7.03. The molecule has 1 aliphatic heterocycles. The van der Waals surface area contributed by atoms with Crippen molar-refractivity contribution in [1.82, 2.24) is 9.80 Å². The number of nitrogens with zero attached hydrogens (tertiary/aromatic N) is 2. The number of amides is 1. The summed E-state index contributed by atoms with van der Waals surface area (Å²) in [6.45, 7) is 5.32. The molecule has 1 aliphatic rings. The van der Waals surface area contributed by atoms with E-state index < -0.39 is 5.41 Å². The number of hydrogen-bond acceptors (Lipinski definition) is 4. The molecule has 2 N–H and O–H groups in total. The Labute approximate surface area is 199 Å². The molecule has 0 bridgehead atoms. The maximum absolute atomic E-state index is 13.5. The molecule has 0 radical (unpaired) electrons. The number of hydrogen-bond donors (Lipinski definition) is 1. The average Bonchev–Trinajstić information content (AvgIpc) is 2.86. The van der Waals surface area contributed by atoms with Crippen molar-refractivity contribution in [1.29, 1.82) is 0 Å². The maximum Gasteiger partial charge on any atom is 0.415 e. The summed E-state index contributed by atoms with van der Waals surface area (Å²) >= 11 is 0. The fourth-order valence-corrected chi connectivity index (χ4v) is 4.89. The number of allylic oxidation sites excluding steroid dienone is 2. The Hall–Kier alpha value is -2.63. The highest BCUT2D eigenvalue weighted by molar-refractivity contribution is 5.70. The van der Waals surface area contributed by atoms with Gasteiger partial charge >= 0.3 is 6.09 Å².